The van der Waals surface area contributed by atoms with Gasteiger partial charge in [0, 0.05) is 57.7 Å². The maximum Gasteiger partial charge on any atom is 0.146 e. The van der Waals surface area contributed by atoms with E-state index in [-0.39, 0.29) is 5.82 Å². The van der Waals surface area contributed by atoms with Crippen LogP contribution in [0, 0.1) is 5.82 Å². The quantitative estimate of drug-likeness (QED) is 0.698. The summed E-state index contributed by atoms with van der Waals surface area (Å²) in [6.07, 6.45) is 3.48. The van der Waals surface area contributed by atoms with E-state index in [0.717, 1.165) is 39.1 Å². The van der Waals surface area contributed by atoms with Gasteiger partial charge in [0.1, 0.15) is 17.7 Å². The second-order valence-electron chi connectivity index (χ2n) is 7.54. The van der Waals surface area contributed by atoms with Gasteiger partial charge in [0.15, 0.2) is 0 Å². The van der Waals surface area contributed by atoms with Crippen LogP contribution in [0.1, 0.15) is 23.1 Å². The Bertz CT molecular complexity index is 935. The topological polar surface area (TPSA) is 44.5 Å². The minimum absolute atomic E-state index is 0.298. The van der Waals surface area contributed by atoms with Gasteiger partial charge in [0.05, 0.1) is 5.69 Å². The third-order valence-electron chi connectivity index (χ3n) is 5.66. The molecule has 0 bridgehead atoms. The number of halogens is 1. The second kappa shape index (κ2) is 8.76. The van der Waals surface area contributed by atoms with Gasteiger partial charge in [-0.25, -0.2) is 9.37 Å². The summed E-state index contributed by atoms with van der Waals surface area (Å²) in [4.78, 5) is 8.70. The number of nitrogens with zero attached hydrogens (tertiary/aromatic N) is 4. The number of hydrogen-bond donors (Lipinski definition) is 1. The zero-order chi connectivity index (χ0) is 20.2. The van der Waals surface area contributed by atoms with Gasteiger partial charge in [-0.1, -0.05) is 42.5 Å². The number of rotatable bonds is 6. The largest absolute Gasteiger partial charge is 0.380 e. The molecule has 0 spiro atoms. The van der Waals surface area contributed by atoms with Crippen molar-refractivity contribution in [1.82, 2.24) is 14.5 Å². The van der Waals surface area contributed by atoms with Crippen molar-refractivity contribution in [2.24, 2.45) is 7.05 Å². The molecule has 0 saturated carbocycles. The smallest absolute Gasteiger partial charge is 0.146 e. The molecule has 1 aromatic heterocycles. The van der Waals surface area contributed by atoms with E-state index in [9.17, 15) is 9.50 Å². The number of aryl methyl sites for hydroxylation is 1. The Balaban J connectivity index is 1.45. The van der Waals surface area contributed by atoms with Gasteiger partial charge in [0.25, 0.3) is 0 Å². The minimum Gasteiger partial charge on any atom is -0.380 e. The highest BCUT2D eigenvalue weighted by Gasteiger charge is 2.26. The van der Waals surface area contributed by atoms with Crippen LogP contribution in [0.15, 0.2) is 60.9 Å². The third-order valence-corrected chi connectivity index (χ3v) is 5.66. The summed E-state index contributed by atoms with van der Waals surface area (Å²) in [6, 6.07) is 15.4. The summed E-state index contributed by atoms with van der Waals surface area (Å²) < 4.78 is 16.6. The Labute approximate surface area is 171 Å². The number of anilines is 1. The third kappa shape index (κ3) is 4.33. The first-order valence-electron chi connectivity index (χ1n) is 10.1. The average molecular weight is 394 g/mol. The molecule has 3 aromatic rings. The number of piperazine rings is 1. The first-order valence-corrected chi connectivity index (χ1v) is 10.1. The van der Waals surface area contributed by atoms with Gasteiger partial charge < -0.3 is 14.6 Å². The van der Waals surface area contributed by atoms with Crippen LogP contribution in [-0.2, 0) is 13.5 Å². The predicted octanol–water partition coefficient (Wildman–Crippen LogP) is 3.01. The summed E-state index contributed by atoms with van der Waals surface area (Å²) in [5, 5.41) is 10.9. The molecule has 1 aliphatic rings. The molecule has 6 heteroatoms. The highest BCUT2D eigenvalue weighted by atomic mass is 19.1. The number of imidazole rings is 1. The maximum atomic E-state index is 14.8. The molecule has 29 heavy (non-hydrogen) atoms. The van der Waals surface area contributed by atoms with Crippen molar-refractivity contribution in [2.45, 2.75) is 12.5 Å². The monoisotopic (exact) mass is 394 g/mol. The summed E-state index contributed by atoms with van der Waals surface area (Å²) in [6.45, 7) is 4.21. The number of aliphatic hydroxyl groups excluding tert-OH is 1. The van der Waals surface area contributed by atoms with Gasteiger partial charge in [-0.2, -0.15) is 0 Å². The molecule has 2 heterocycles. The molecule has 1 fully saturated rings. The highest BCUT2D eigenvalue weighted by molar-refractivity contribution is 5.57. The van der Waals surface area contributed by atoms with Crippen LogP contribution >= 0.6 is 0 Å². The molecular formula is C23H27FN4O. The lowest BCUT2D eigenvalue weighted by Crippen LogP contribution is -2.47. The highest BCUT2D eigenvalue weighted by Crippen LogP contribution is 2.33. The Morgan fingerprint density at radius 2 is 1.79 bits per heavy atom. The van der Waals surface area contributed by atoms with Crippen molar-refractivity contribution in [3.8, 4) is 0 Å². The van der Waals surface area contributed by atoms with Gasteiger partial charge in [0.2, 0.25) is 0 Å². The lowest BCUT2D eigenvalue weighted by Gasteiger charge is -2.37. The summed E-state index contributed by atoms with van der Waals surface area (Å²) in [5.41, 5.74) is 2.40. The van der Waals surface area contributed by atoms with E-state index in [1.54, 1.807) is 29.1 Å². The van der Waals surface area contributed by atoms with Crippen LogP contribution in [0.5, 0.6) is 0 Å². The first-order chi connectivity index (χ1) is 14.1. The molecule has 2 aromatic carbocycles. The fourth-order valence-corrected chi connectivity index (χ4v) is 3.99. The first kappa shape index (κ1) is 19.6. The Morgan fingerprint density at radius 1 is 1.03 bits per heavy atom. The van der Waals surface area contributed by atoms with Crippen molar-refractivity contribution in [3.05, 3.63) is 83.7 Å². The Morgan fingerprint density at radius 3 is 2.48 bits per heavy atom. The molecule has 1 aliphatic heterocycles. The fourth-order valence-electron chi connectivity index (χ4n) is 3.99. The van der Waals surface area contributed by atoms with Crippen LogP contribution < -0.4 is 4.90 Å². The fraction of sp³-hybridized carbons (Fsp3) is 0.348. The maximum absolute atomic E-state index is 14.8. The SMILES string of the molecule is Cn1ccnc1[C@H](O)c1cccc(F)c1N1CCN(CCc2ccccc2)CC1. The van der Waals surface area contributed by atoms with E-state index in [4.69, 9.17) is 0 Å². The molecule has 0 amide bonds. The number of para-hydroxylation sites is 1. The molecule has 0 aliphatic carbocycles. The number of hydrogen-bond acceptors (Lipinski definition) is 4. The zero-order valence-corrected chi connectivity index (χ0v) is 16.7. The van der Waals surface area contributed by atoms with Crippen molar-refractivity contribution in [1.29, 1.82) is 0 Å². The van der Waals surface area contributed by atoms with Crippen LogP contribution in [0.4, 0.5) is 10.1 Å². The Kier molecular flexibility index (Phi) is 5.92. The van der Waals surface area contributed by atoms with Crippen LogP contribution in [-0.4, -0.2) is 52.3 Å². The summed E-state index contributed by atoms with van der Waals surface area (Å²) in [5.74, 6) is 0.215. The summed E-state index contributed by atoms with van der Waals surface area (Å²) >= 11 is 0. The number of aromatic nitrogens is 2. The van der Waals surface area contributed by atoms with E-state index < -0.39 is 6.10 Å². The predicted molar refractivity (Wildman–Crippen MR) is 112 cm³/mol. The average Bonchev–Trinajstić information content (AvgIpc) is 3.18. The number of aliphatic hydroxyl groups is 1. The van der Waals surface area contributed by atoms with Crippen molar-refractivity contribution >= 4 is 5.69 Å². The molecule has 0 radical (unpaired) electrons. The molecule has 5 nitrogen and oxygen atoms in total. The molecule has 0 unspecified atom stereocenters. The van der Waals surface area contributed by atoms with Crippen LogP contribution in [0.25, 0.3) is 0 Å². The number of benzene rings is 2. The minimum atomic E-state index is -0.961. The lowest BCUT2D eigenvalue weighted by atomic mass is 10.0. The van der Waals surface area contributed by atoms with Crippen molar-refractivity contribution in [3.63, 3.8) is 0 Å². The van der Waals surface area contributed by atoms with Crippen LogP contribution in [0.2, 0.25) is 0 Å². The van der Waals surface area contributed by atoms with E-state index in [0.29, 0.717) is 17.1 Å². The van der Waals surface area contributed by atoms with Crippen molar-refractivity contribution < 1.29 is 9.50 Å². The van der Waals surface area contributed by atoms with E-state index in [1.165, 1.54) is 11.6 Å². The zero-order valence-electron chi connectivity index (χ0n) is 16.7. The molecule has 1 atom stereocenters. The van der Waals surface area contributed by atoms with E-state index in [1.807, 2.05) is 13.1 Å². The van der Waals surface area contributed by atoms with E-state index in [2.05, 4.69) is 39.0 Å². The van der Waals surface area contributed by atoms with Crippen molar-refractivity contribution in [2.75, 3.05) is 37.6 Å². The normalized spacial score (nSPS) is 16.2. The van der Waals surface area contributed by atoms with Crippen LogP contribution in [0.3, 0.4) is 0 Å². The lowest BCUT2D eigenvalue weighted by molar-refractivity contribution is 0.205. The van der Waals surface area contributed by atoms with Gasteiger partial charge in [-0.05, 0) is 18.1 Å². The molecular weight excluding hydrogens is 367 g/mol. The standard InChI is InChI=1S/C23H27FN4O/c1-26-13-11-25-23(26)22(29)19-8-5-9-20(24)21(19)28-16-14-27(15-17-28)12-10-18-6-3-2-4-7-18/h2-9,11,13,22,29H,10,12,14-17H2,1H3/t22-/m1/s1. The van der Waals surface area contributed by atoms with Gasteiger partial charge in [-0.3, -0.25) is 4.90 Å². The second-order valence-corrected chi connectivity index (χ2v) is 7.54. The summed E-state index contributed by atoms with van der Waals surface area (Å²) in [7, 11) is 1.83. The Hall–Kier alpha value is -2.70. The molecule has 4 rings (SSSR count). The van der Waals surface area contributed by atoms with Gasteiger partial charge >= 0.3 is 0 Å². The molecule has 1 N–H and O–H groups in total. The van der Waals surface area contributed by atoms with Gasteiger partial charge in [-0.15, -0.1) is 0 Å². The van der Waals surface area contributed by atoms with E-state index >= 15 is 0 Å². The molecule has 152 valence electrons. The molecule has 1 saturated heterocycles.